The minimum Gasteiger partial charge on any atom is -0.462 e. The first-order chi connectivity index (χ1) is 40.5. The lowest BCUT2D eigenvalue weighted by atomic mass is 10.0. The van der Waals surface area contributed by atoms with Crippen LogP contribution in [0.3, 0.4) is 0 Å². The summed E-state index contributed by atoms with van der Waals surface area (Å²) in [6.07, 6.45) is 95.5. The number of hydrogen-bond donors (Lipinski definition) is 0. The van der Waals surface area contributed by atoms with Crippen molar-refractivity contribution in [3.05, 3.63) is 109 Å². The molecule has 6 heteroatoms. The van der Waals surface area contributed by atoms with E-state index in [1.54, 1.807) is 0 Å². The fourth-order valence-corrected chi connectivity index (χ4v) is 9.81. The molecule has 0 rings (SSSR count). The van der Waals surface area contributed by atoms with Gasteiger partial charge in [0.15, 0.2) is 6.10 Å². The SMILES string of the molecule is CC/C=C\C/C=C\C/C=C\C/C=C\C/C=C\C/C=C\CCCCC(=O)OC(COC(=O)CCCCCCCCCCCCCC)COC(=O)CCCCCCCCCCCCCCCCCC/C=C\C/C=C\C/C=C\CCCCCCC. The van der Waals surface area contributed by atoms with Gasteiger partial charge in [-0.05, 0) is 109 Å². The Balaban J connectivity index is 4.27. The lowest BCUT2D eigenvalue weighted by Gasteiger charge is -2.18. The van der Waals surface area contributed by atoms with Gasteiger partial charge in [0.1, 0.15) is 13.2 Å². The monoisotopic (exact) mass is 1140 g/mol. The molecule has 0 saturated heterocycles. The third kappa shape index (κ3) is 66.9. The van der Waals surface area contributed by atoms with Gasteiger partial charge in [0.25, 0.3) is 0 Å². The normalized spacial score (nSPS) is 12.8. The molecule has 1 atom stereocenters. The molecule has 0 aromatic rings. The van der Waals surface area contributed by atoms with Crippen LogP contribution in [0.25, 0.3) is 0 Å². The number of rotatable bonds is 63. The zero-order valence-electron chi connectivity index (χ0n) is 54.0. The minimum atomic E-state index is -0.802. The second-order valence-corrected chi connectivity index (χ2v) is 23.1. The molecule has 470 valence electrons. The van der Waals surface area contributed by atoms with Crippen LogP contribution in [0.4, 0.5) is 0 Å². The molecular weight excluding hydrogens is 1010 g/mol. The molecule has 0 spiro atoms. The van der Waals surface area contributed by atoms with Crippen molar-refractivity contribution in [1.29, 1.82) is 0 Å². The largest absolute Gasteiger partial charge is 0.462 e. The maximum absolute atomic E-state index is 12.9. The standard InChI is InChI=1S/C76H130O6/c1-4-7-10-13-16-19-22-25-27-29-31-33-34-35-36-37-38-39-40-41-42-44-45-47-49-51-54-57-60-63-66-69-75(78)81-72-73(71-80-74(77)68-65-62-59-56-53-24-21-18-15-12-9-6-3)82-76(79)70-67-64-61-58-55-52-50-48-46-43-32-30-28-26-23-20-17-14-11-8-5-2/h8,11,17,20,22,25-26,28-29,31-32,34-35,43,48,50,55,58,73H,4-7,9-10,12-16,18-19,21,23-24,27,30,33,36-42,44-47,49,51-54,56-57,59-72H2,1-3H3/b11-8-,20-17-,25-22-,28-26-,31-29-,35-34-,43-32-,50-48-,58-55-. The predicted molar refractivity (Wildman–Crippen MR) is 357 cm³/mol. The molecule has 0 aromatic heterocycles. The van der Waals surface area contributed by atoms with Gasteiger partial charge in [-0.15, -0.1) is 0 Å². The van der Waals surface area contributed by atoms with E-state index in [0.29, 0.717) is 19.3 Å². The van der Waals surface area contributed by atoms with Crippen molar-refractivity contribution in [3.8, 4) is 0 Å². The van der Waals surface area contributed by atoms with E-state index in [1.165, 1.54) is 186 Å². The van der Waals surface area contributed by atoms with Gasteiger partial charge < -0.3 is 14.2 Å². The molecule has 0 radical (unpaired) electrons. The van der Waals surface area contributed by atoms with E-state index < -0.39 is 6.10 Å². The number of allylic oxidation sites excluding steroid dienone is 18. The Morgan fingerprint density at radius 1 is 0.256 bits per heavy atom. The Kier molecular flexibility index (Phi) is 66.2. The molecule has 0 saturated carbocycles. The average molecular weight is 1140 g/mol. The summed E-state index contributed by atoms with van der Waals surface area (Å²) < 4.78 is 16.9. The van der Waals surface area contributed by atoms with Crippen molar-refractivity contribution in [2.75, 3.05) is 13.2 Å². The number of esters is 3. The Morgan fingerprint density at radius 2 is 0.476 bits per heavy atom. The maximum Gasteiger partial charge on any atom is 0.306 e. The van der Waals surface area contributed by atoms with E-state index >= 15 is 0 Å². The Bertz CT molecular complexity index is 1640. The van der Waals surface area contributed by atoms with Crippen LogP contribution in [0.1, 0.15) is 335 Å². The molecule has 6 nitrogen and oxygen atoms in total. The summed E-state index contributed by atoms with van der Waals surface area (Å²) in [5, 5.41) is 0. The van der Waals surface area contributed by atoms with Crippen LogP contribution >= 0.6 is 0 Å². The Hall–Kier alpha value is -3.93. The van der Waals surface area contributed by atoms with E-state index in [9.17, 15) is 14.4 Å². The highest BCUT2D eigenvalue weighted by atomic mass is 16.6. The zero-order valence-corrected chi connectivity index (χ0v) is 54.0. The summed E-state index contributed by atoms with van der Waals surface area (Å²) in [6.45, 7) is 6.51. The van der Waals surface area contributed by atoms with Gasteiger partial charge in [0.2, 0.25) is 0 Å². The summed E-state index contributed by atoms with van der Waals surface area (Å²) in [7, 11) is 0. The molecule has 0 aliphatic carbocycles. The van der Waals surface area contributed by atoms with Gasteiger partial charge in [-0.2, -0.15) is 0 Å². The first-order valence-electron chi connectivity index (χ1n) is 34.9. The Morgan fingerprint density at radius 3 is 0.768 bits per heavy atom. The maximum atomic E-state index is 12.9. The van der Waals surface area contributed by atoms with Crippen LogP contribution in [0.15, 0.2) is 109 Å². The fraction of sp³-hybridized carbons (Fsp3) is 0.724. The minimum absolute atomic E-state index is 0.0931. The summed E-state index contributed by atoms with van der Waals surface area (Å²) in [6, 6.07) is 0. The summed E-state index contributed by atoms with van der Waals surface area (Å²) in [4.78, 5) is 38.3. The fourth-order valence-electron chi connectivity index (χ4n) is 9.81. The molecule has 0 N–H and O–H groups in total. The highest BCUT2D eigenvalue weighted by Crippen LogP contribution is 2.17. The van der Waals surface area contributed by atoms with Crippen LogP contribution in [0, 0.1) is 0 Å². The summed E-state index contributed by atoms with van der Waals surface area (Å²) >= 11 is 0. The average Bonchev–Trinajstić information content (AvgIpc) is 3.47. The lowest BCUT2D eigenvalue weighted by Crippen LogP contribution is -2.30. The van der Waals surface area contributed by atoms with Gasteiger partial charge in [-0.3, -0.25) is 14.4 Å². The van der Waals surface area contributed by atoms with E-state index in [4.69, 9.17) is 14.2 Å². The van der Waals surface area contributed by atoms with E-state index in [1.807, 2.05) is 0 Å². The number of ether oxygens (including phenoxy) is 3. The van der Waals surface area contributed by atoms with Gasteiger partial charge in [0, 0.05) is 19.3 Å². The van der Waals surface area contributed by atoms with Gasteiger partial charge in [-0.1, -0.05) is 316 Å². The second-order valence-electron chi connectivity index (χ2n) is 23.1. The van der Waals surface area contributed by atoms with Crippen molar-refractivity contribution in [3.63, 3.8) is 0 Å². The molecule has 0 fully saturated rings. The first-order valence-corrected chi connectivity index (χ1v) is 34.9. The van der Waals surface area contributed by atoms with Crippen molar-refractivity contribution < 1.29 is 28.6 Å². The molecule has 0 aromatic carbocycles. The molecule has 0 bridgehead atoms. The number of unbranched alkanes of at least 4 members (excludes halogenated alkanes) is 34. The highest BCUT2D eigenvalue weighted by molar-refractivity contribution is 5.71. The lowest BCUT2D eigenvalue weighted by molar-refractivity contribution is -0.167. The highest BCUT2D eigenvalue weighted by Gasteiger charge is 2.19. The topological polar surface area (TPSA) is 78.9 Å². The van der Waals surface area contributed by atoms with Crippen molar-refractivity contribution in [2.45, 2.75) is 341 Å². The van der Waals surface area contributed by atoms with Gasteiger partial charge in [-0.25, -0.2) is 0 Å². The quantitative estimate of drug-likeness (QED) is 0.0261. The van der Waals surface area contributed by atoms with Crippen molar-refractivity contribution in [2.24, 2.45) is 0 Å². The van der Waals surface area contributed by atoms with Gasteiger partial charge in [0.05, 0.1) is 0 Å². The summed E-state index contributed by atoms with van der Waals surface area (Å²) in [5.41, 5.74) is 0. The summed E-state index contributed by atoms with van der Waals surface area (Å²) in [5.74, 6) is -0.925. The number of carbonyl (C=O) groups is 3. The molecule has 82 heavy (non-hydrogen) atoms. The van der Waals surface area contributed by atoms with Crippen LogP contribution in [-0.2, 0) is 28.6 Å². The van der Waals surface area contributed by atoms with E-state index in [2.05, 4.69) is 130 Å². The first kappa shape index (κ1) is 78.1. The van der Waals surface area contributed by atoms with Crippen LogP contribution in [0.5, 0.6) is 0 Å². The molecule has 0 heterocycles. The molecule has 0 aliphatic heterocycles. The smallest absolute Gasteiger partial charge is 0.306 e. The Labute approximate surface area is 508 Å². The van der Waals surface area contributed by atoms with E-state index in [0.717, 1.165) is 103 Å². The number of hydrogen-bond acceptors (Lipinski definition) is 6. The van der Waals surface area contributed by atoms with Crippen molar-refractivity contribution >= 4 is 17.9 Å². The van der Waals surface area contributed by atoms with Crippen LogP contribution < -0.4 is 0 Å². The molecule has 0 aliphatic rings. The van der Waals surface area contributed by atoms with Crippen LogP contribution in [0.2, 0.25) is 0 Å². The predicted octanol–water partition coefficient (Wildman–Crippen LogP) is 24.2. The van der Waals surface area contributed by atoms with Crippen LogP contribution in [-0.4, -0.2) is 37.2 Å². The number of carbonyl (C=O) groups excluding carboxylic acids is 3. The molecule has 1 unspecified atom stereocenters. The van der Waals surface area contributed by atoms with Gasteiger partial charge >= 0.3 is 17.9 Å². The third-order valence-electron chi connectivity index (χ3n) is 15.0. The molecule has 0 amide bonds. The van der Waals surface area contributed by atoms with E-state index in [-0.39, 0.29) is 37.5 Å². The van der Waals surface area contributed by atoms with Crippen molar-refractivity contribution in [1.82, 2.24) is 0 Å². The zero-order chi connectivity index (χ0) is 59.2. The molecular formula is C76H130O6. The third-order valence-corrected chi connectivity index (χ3v) is 15.0. The second kappa shape index (κ2) is 69.6.